The predicted octanol–water partition coefficient (Wildman–Crippen LogP) is 3.20. The molecule has 0 saturated carbocycles. The molecular formula is C9H4FNS2. The molecule has 0 atom stereocenters. The molecule has 4 heteroatoms. The second-order valence-corrected chi connectivity index (χ2v) is 3.89. The first-order valence-electron chi connectivity index (χ1n) is 3.53. The predicted molar refractivity (Wildman–Crippen MR) is 53.8 cm³/mol. The number of rotatable bonds is 0. The minimum absolute atomic E-state index is 0.323. The van der Waals surface area contributed by atoms with Gasteiger partial charge in [0, 0.05) is 5.39 Å². The lowest BCUT2D eigenvalue weighted by atomic mass is 10.1. The van der Waals surface area contributed by atoms with Crippen molar-refractivity contribution in [2.24, 2.45) is 0 Å². The van der Waals surface area contributed by atoms with E-state index in [1.807, 2.05) is 11.4 Å². The minimum atomic E-state index is -0.435. The molecule has 0 saturated heterocycles. The van der Waals surface area contributed by atoms with Crippen LogP contribution in [0.25, 0.3) is 10.1 Å². The summed E-state index contributed by atoms with van der Waals surface area (Å²) in [6, 6.07) is 4.98. The second-order valence-electron chi connectivity index (χ2n) is 2.53. The van der Waals surface area contributed by atoms with E-state index in [0.29, 0.717) is 10.5 Å². The molecule has 1 nitrogen and oxygen atoms in total. The maximum absolute atomic E-state index is 13.2. The van der Waals surface area contributed by atoms with Gasteiger partial charge in [0.15, 0.2) is 0 Å². The smallest absolute Gasteiger partial charge is 0.139 e. The summed E-state index contributed by atoms with van der Waals surface area (Å²) >= 11 is 5.43. The van der Waals surface area contributed by atoms with Gasteiger partial charge in [0.1, 0.15) is 5.82 Å². The van der Waals surface area contributed by atoms with Gasteiger partial charge in [0.25, 0.3) is 0 Å². The van der Waals surface area contributed by atoms with Crippen LogP contribution in [0.15, 0.2) is 22.4 Å². The molecule has 0 N–H and O–H groups in total. The van der Waals surface area contributed by atoms with Crippen molar-refractivity contribution < 1.29 is 4.39 Å². The van der Waals surface area contributed by atoms with Crippen molar-refractivity contribution in [2.45, 2.75) is 4.90 Å². The van der Waals surface area contributed by atoms with Crippen molar-refractivity contribution in [2.75, 3.05) is 0 Å². The van der Waals surface area contributed by atoms with E-state index in [1.165, 1.54) is 17.4 Å². The molecule has 0 aliphatic heterocycles. The van der Waals surface area contributed by atoms with E-state index < -0.39 is 5.82 Å². The Morgan fingerprint density at radius 2 is 2.31 bits per heavy atom. The summed E-state index contributed by atoms with van der Waals surface area (Å²) in [5, 5.41) is 11.3. The van der Waals surface area contributed by atoms with Gasteiger partial charge in [-0.15, -0.1) is 24.0 Å². The van der Waals surface area contributed by atoms with Crippen LogP contribution in [0.2, 0.25) is 0 Å². The van der Waals surface area contributed by atoms with Gasteiger partial charge in [-0.1, -0.05) is 0 Å². The fraction of sp³-hybridized carbons (Fsp3) is 0. The van der Waals surface area contributed by atoms with Crippen molar-refractivity contribution in [3.63, 3.8) is 0 Å². The lowest BCUT2D eigenvalue weighted by molar-refractivity contribution is 0.606. The van der Waals surface area contributed by atoms with E-state index in [0.717, 1.165) is 10.1 Å². The van der Waals surface area contributed by atoms with Gasteiger partial charge in [-0.25, -0.2) is 4.39 Å². The van der Waals surface area contributed by atoms with Gasteiger partial charge in [0.2, 0.25) is 0 Å². The molecule has 1 heterocycles. The highest BCUT2D eigenvalue weighted by Gasteiger charge is 2.09. The Balaban J connectivity index is 2.97. The Morgan fingerprint density at radius 3 is 3.00 bits per heavy atom. The summed E-state index contributed by atoms with van der Waals surface area (Å²) in [6.45, 7) is 0. The summed E-state index contributed by atoms with van der Waals surface area (Å²) in [7, 11) is 0. The van der Waals surface area contributed by atoms with Gasteiger partial charge in [-0.05, 0) is 17.5 Å². The summed E-state index contributed by atoms with van der Waals surface area (Å²) in [4.78, 5) is 0.323. The van der Waals surface area contributed by atoms with E-state index in [9.17, 15) is 4.39 Å². The van der Waals surface area contributed by atoms with Crippen LogP contribution < -0.4 is 0 Å². The van der Waals surface area contributed by atoms with E-state index in [-0.39, 0.29) is 0 Å². The Morgan fingerprint density at radius 1 is 1.54 bits per heavy atom. The number of nitriles is 1. The molecule has 0 bridgehead atoms. The van der Waals surface area contributed by atoms with Crippen LogP contribution in [0.3, 0.4) is 0 Å². The van der Waals surface area contributed by atoms with Crippen molar-refractivity contribution in [3.05, 3.63) is 28.9 Å². The quantitative estimate of drug-likeness (QED) is 0.662. The van der Waals surface area contributed by atoms with E-state index in [1.54, 1.807) is 6.07 Å². The third-order valence-electron chi connectivity index (χ3n) is 1.79. The highest BCUT2D eigenvalue weighted by atomic mass is 32.1. The number of thiophene rings is 1. The van der Waals surface area contributed by atoms with Gasteiger partial charge in [0.05, 0.1) is 21.2 Å². The first kappa shape index (κ1) is 8.54. The van der Waals surface area contributed by atoms with Crippen LogP contribution in [0.1, 0.15) is 5.56 Å². The van der Waals surface area contributed by atoms with Gasteiger partial charge in [-0.2, -0.15) is 5.26 Å². The van der Waals surface area contributed by atoms with Crippen LogP contribution in [-0.2, 0) is 0 Å². The number of nitrogens with zero attached hydrogens (tertiary/aromatic N) is 1. The third kappa shape index (κ3) is 1.21. The average Bonchev–Trinajstić information content (AvgIpc) is 2.60. The Labute approximate surface area is 83.8 Å². The standard InChI is InChI=1S/C9H4FNS2/c10-7-3-5(4-11)6-1-2-13-9(6)8(7)12/h1-3,12H. The van der Waals surface area contributed by atoms with Crippen LogP contribution in [0, 0.1) is 17.1 Å². The molecule has 0 aliphatic rings. The zero-order valence-corrected chi connectivity index (χ0v) is 8.12. The highest BCUT2D eigenvalue weighted by molar-refractivity contribution is 7.80. The molecule has 64 valence electrons. The SMILES string of the molecule is N#Cc1cc(F)c(S)c2sccc12. The lowest BCUT2D eigenvalue weighted by Crippen LogP contribution is -1.82. The Kier molecular flexibility index (Phi) is 1.98. The molecule has 0 radical (unpaired) electrons. The Hall–Kier alpha value is -1.05. The number of hydrogen-bond donors (Lipinski definition) is 1. The molecule has 2 aromatic rings. The first-order chi connectivity index (χ1) is 6.24. The molecule has 0 amide bonds. The number of benzene rings is 1. The van der Waals surface area contributed by atoms with Crippen LogP contribution >= 0.6 is 24.0 Å². The molecular weight excluding hydrogens is 205 g/mol. The second kappa shape index (κ2) is 3.02. The highest BCUT2D eigenvalue weighted by Crippen LogP contribution is 2.31. The number of fused-ring (bicyclic) bond motifs is 1. The maximum atomic E-state index is 13.2. The van der Waals surface area contributed by atoms with Crippen molar-refractivity contribution >= 4 is 34.1 Å². The van der Waals surface area contributed by atoms with Crippen molar-refractivity contribution in [1.29, 1.82) is 5.26 Å². The molecule has 0 unspecified atom stereocenters. The summed E-state index contributed by atoms with van der Waals surface area (Å²) < 4.78 is 13.9. The zero-order valence-electron chi connectivity index (χ0n) is 6.41. The summed E-state index contributed by atoms with van der Waals surface area (Å²) in [5.41, 5.74) is 0.367. The molecule has 0 fully saturated rings. The van der Waals surface area contributed by atoms with Crippen LogP contribution in [-0.4, -0.2) is 0 Å². The molecule has 0 spiro atoms. The fourth-order valence-corrected chi connectivity index (χ4v) is 2.38. The summed E-state index contributed by atoms with van der Waals surface area (Å²) in [6.07, 6.45) is 0. The van der Waals surface area contributed by atoms with Gasteiger partial charge in [-0.3, -0.25) is 0 Å². The molecule has 2 rings (SSSR count). The zero-order chi connectivity index (χ0) is 9.42. The average molecular weight is 209 g/mol. The largest absolute Gasteiger partial charge is 0.206 e. The normalized spacial score (nSPS) is 10.2. The van der Waals surface area contributed by atoms with E-state index >= 15 is 0 Å². The van der Waals surface area contributed by atoms with Gasteiger partial charge >= 0.3 is 0 Å². The topological polar surface area (TPSA) is 23.8 Å². The number of halogens is 1. The molecule has 0 aliphatic carbocycles. The summed E-state index contributed by atoms with van der Waals surface area (Å²) in [5.74, 6) is -0.435. The third-order valence-corrected chi connectivity index (χ3v) is 3.31. The monoisotopic (exact) mass is 209 g/mol. The molecule has 1 aromatic carbocycles. The minimum Gasteiger partial charge on any atom is -0.206 e. The lowest BCUT2D eigenvalue weighted by Gasteiger charge is -1.98. The van der Waals surface area contributed by atoms with Crippen LogP contribution in [0.4, 0.5) is 4.39 Å². The van der Waals surface area contributed by atoms with Crippen LogP contribution in [0.5, 0.6) is 0 Å². The fourth-order valence-electron chi connectivity index (χ4n) is 1.18. The number of thiol groups is 1. The maximum Gasteiger partial charge on any atom is 0.139 e. The molecule has 13 heavy (non-hydrogen) atoms. The number of hydrogen-bond acceptors (Lipinski definition) is 3. The van der Waals surface area contributed by atoms with E-state index in [2.05, 4.69) is 12.6 Å². The molecule has 1 aromatic heterocycles. The van der Waals surface area contributed by atoms with Gasteiger partial charge < -0.3 is 0 Å². The van der Waals surface area contributed by atoms with Crippen molar-refractivity contribution in [1.82, 2.24) is 0 Å². The van der Waals surface area contributed by atoms with Crippen molar-refractivity contribution in [3.8, 4) is 6.07 Å². The van der Waals surface area contributed by atoms with E-state index in [4.69, 9.17) is 5.26 Å². The Bertz CT molecular complexity index is 510. The first-order valence-corrected chi connectivity index (χ1v) is 4.85.